The van der Waals surface area contributed by atoms with Crippen LogP contribution in [0, 0.1) is 6.92 Å². The molecule has 132 valence electrons. The number of aryl methyl sites for hydroxylation is 1. The third kappa shape index (κ3) is 3.36. The summed E-state index contributed by atoms with van der Waals surface area (Å²) in [5.41, 5.74) is 2.09. The predicted octanol–water partition coefficient (Wildman–Crippen LogP) is 3.67. The van der Waals surface area contributed by atoms with Gasteiger partial charge in [0.25, 0.3) is 0 Å². The summed E-state index contributed by atoms with van der Waals surface area (Å²) in [6.07, 6.45) is 0.131. The minimum absolute atomic E-state index is 0.0799. The van der Waals surface area contributed by atoms with E-state index in [2.05, 4.69) is 15.9 Å². The maximum Gasteiger partial charge on any atom is 0.244 e. The van der Waals surface area contributed by atoms with Crippen molar-refractivity contribution in [3.63, 3.8) is 0 Å². The number of rotatable bonds is 3. The van der Waals surface area contributed by atoms with Crippen LogP contribution in [-0.2, 0) is 10.0 Å². The van der Waals surface area contributed by atoms with Crippen LogP contribution in [0.4, 0.5) is 0 Å². The monoisotopic (exact) mass is 423 g/mol. The molecule has 7 heteroatoms. The lowest BCUT2D eigenvalue weighted by Crippen LogP contribution is -2.32. The number of carbonyl (C=O) groups excluding carboxylic acids is 1. The number of fused-ring (bicyclic) bond motifs is 1. The highest BCUT2D eigenvalue weighted by Crippen LogP contribution is 2.38. The standard InChI is InChI=1S/C18H18BrNO4S/c1-12-3-6-14(7-4-12)25(22,23)20-10-9-17(21)15-8-5-13(24-2)11-16(15)18(20)19/h3-8,11,18H,9-10H2,1-2H3. The van der Waals surface area contributed by atoms with Gasteiger partial charge in [0.1, 0.15) is 10.7 Å². The Labute approximate surface area is 155 Å². The number of methoxy groups -OCH3 is 1. The molecule has 25 heavy (non-hydrogen) atoms. The lowest BCUT2D eigenvalue weighted by Gasteiger charge is -2.26. The van der Waals surface area contributed by atoms with Crippen molar-refractivity contribution in [3.8, 4) is 5.75 Å². The molecule has 0 fully saturated rings. The summed E-state index contributed by atoms with van der Waals surface area (Å²) in [6, 6.07) is 11.8. The first kappa shape index (κ1) is 18.1. The van der Waals surface area contributed by atoms with Crippen molar-refractivity contribution in [2.24, 2.45) is 0 Å². The highest BCUT2D eigenvalue weighted by Gasteiger charge is 2.36. The van der Waals surface area contributed by atoms with Gasteiger partial charge in [0.2, 0.25) is 10.0 Å². The average molecular weight is 424 g/mol. The van der Waals surface area contributed by atoms with Gasteiger partial charge in [-0.1, -0.05) is 33.6 Å². The summed E-state index contributed by atoms with van der Waals surface area (Å²) in [5.74, 6) is 0.495. The normalized spacial score (nSPS) is 18.5. The fourth-order valence-electron chi connectivity index (χ4n) is 2.82. The van der Waals surface area contributed by atoms with Crippen molar-refractivity contribution in [1.82, 2.24) is 4.31 Å². The fraction of sp³-hybridized carbons (Fsp3) is 0.278. The van der Waals surface area contributed by atoms with Crippen molar-refractivity contribution in [2.75, 3.05) is 13.7 Å². The second kappa shape index (κ2) is 6.90. The first-order valence-corrected chi connectivity index (χ1v) is 10.1. The number of sulfonamides is 1. The third-order valence-corrected chi connectivity index (χ3v) is 7.39. The van der Waals surface area contributed by atoms with Gasteiger partial charge in [-0.2, -0.15) is 4.31 Å². The molecule has 1 heterocycles. The highest BCUT2D eigenvalue weighted by atomic mass is 79.9. The molecule has 0 radical (unpaired) electrons. The van der Waals surface area contributed by atoms with E-state index in [1.54, 1.807) is 42.5 Å². The third-order valence-electron chi connectivity index (χ3n) is 4.26. The number of benzene rings is 2. The van der Waals surface area contributed by atoms with Crippen LogP contribution in [-0.4, -0.2) is 32.2 Å². The van der Waals surface area contributed by atoms with E-state index in [0.29, 0.717) is 16.9 Å². The van der Waals surface area contributed by atoms with E-state index >= 15 is 0 Å². The maximum atomic E-state index is 13.1. The van der Waals surface area contributed by atoms with E-state index in [9.17, 15) is 13.2 Å². The molecule has 0 N–H and O–H groups in total. The Bertz CT molecular complexity index is 909. The van der Waals surface area contributed by atoms with Gasteiger partial charge in [-0.3, -0.25) is 4.79 Å². The second-order valence-corrected chi connectivity index (χ2v) is 8.65. The van der Waals surface area contributed by atoms with Gasteiger partial charge in [-0.25, -0.2) is 8.42 Å². The molecular formula is C18H18BrNO4S. The Kier molecular flexibility index (Phi) is 4.99. The number of hydrogen-bond donors (Lipinski definition) is 0. The van der Waals surface area contributed by atoms with Crippen LogP contribution in [0.15, 0.2) is 47.4 Å². The molecule has 1 aliphatic rings. The molecule has 1 aliphatic heterocycles. The number of ketones is 1. The second-order valence-electron chi connectivity index (χ2n) is 5.89. The summed E-state index contributed by atoms with van der Waals surface area (Å²) in [6.45, 7) is 2.01. The van der Waals surface area contributed by atoms with Gasteiger partial charge < -0.3 is 4.74 Å². The van der Waals surface area contributed by atoms with Crippen molar-refractivity contribution >= 4 is 31.7 Å². The topological polar surface area (TPSA) is 63.7 Å². The molecular weight excluding hydrogens is 406 g/mol. The van der Waals surface area contributed by atoms with E-state index in [4.69, 9.17) is 4.74 Å². The number of hydrogen-bond acceptors (Lipinski definition) is 4. The van der Waals surface area contributed by atoms with Gasteiger partial charge >= 0.3 is 0 Å². The van der Waals surface area contributed by atoms with Crippen molar-refractivity contribution in [3.05, 3.63) is 59.2 Å². The zero-order valence-corrected chi connectivity index (χ0v) is 16.3. The largest absolute Gasteiger partial charge is 0.497 e. The van der Waals surface area contributed by atoms with Crippen LogP contribution < -0.4 is 4.74 Å². The quantitative estimate of drug-likeness (QED) is 0.557. The number of Topliss-reactive ketones (excluding diaryl/α,β-unsaturated/α-hetero) is 1. The number of ether oxygens (including phenoxy) is 1. The fourth-order valence-corrected chi connectivity index (χ4v) is 5.50. The lowest BCUT2D eigenvalue weighted by atomic mass is 10.0. The van der Waals surface area contributed by atoms with Crippen LogP contribution in [0.3, 0.4) is 0 Å². The van der Waals surface area contributed by atoms with Gasteiger partial charge in [-0.15, -0.1) is 0 Å². The zero-order chi connectivity index (χ0) is 18.2. The van der Waals surface area contributed by atoms with Crippen molar-refractivity contribution in [1.29, 1.82) is 0 Å². The van der Waals surface area contributed by atoms with Crippen LogP contribution in [0.1, 0.15) is 32.9 Å². The Morgan fingerprint density at radius 3 is 2.48 bits per heavy atom. The Morgan fingerprint density at radius 2 is 1.84 bits per heavy atom. The Morgan fingerprint density at radius 1 is 1.16 bits per heavy atom. The van der Waals surface area contributed by atoms with Gasteiger partial charge in [0.05, 0.1) is 12.0 Å². The SMILES string of the molecule is COc1ccc2c(c1)C(Br)N(S(=O)(=O)c1ccc(C)cc1)CCC2=O. The van der Waals surface area contributed by atoms with Gasteiger partial charge in [0.15, 0.2) is 5.78 Å². The Hall–Kier alpha value is -1.70. The molecule has 2 aromatic rings. The number of nitrogens with zero attached hydrogens (tertiary/aromatic N) is 1. The molecule has 0 saturated carbocycles. The van der Waals surface area contributed by atoms with Crippen LogP contribution in [0.5, 0.6) is 5.75 Å². The van der Waals surface area contributed by atoms with Gasteiger partial charge in [0, 0.05) is 18.5 Å². The molecule has 5 nitrogen and oxygen atoms in total. The molecule has 1 atom stereocenters. The molecule has 0 bridgehead atoms. The summed E-state index contributed by atoms with van der Waals surface area (Å²) >= 11 is 3.48. The van der Waals surface area contributed by atoms with E-state index in [-0.39, 0.29) is 23.6 Å². The van der Waals surface area contributed by atoms with Crippen LogP contribution in [0.2, 0.25) is 0 Å². The zero-order valence-electron chi connectivity index (χ0n) is 13.9. The van der Waals surface area contributed by atoms with Gasteiger partial charge in [-0.05, 0) is 42.8 Å². The molecule has 2 aromatic carbocycles. The van der Waals surface area contributed by atoms with Crippen LogP contribution in [0.25, 0.3) is 0 Å². The average Bonchev–Trinajstić information content (AvgIpc) is 2.72. The molecule has 0 spiro atoms. The molecule has 0 saturated heterocycles. The molecule has 0 amide bonds. The number of carbonyl (C=O) groups is 1. The first-order valence-electron chi connectivity index (χ1n) is 7.78. The molecule has 1 unspecified atom stereocenters. The van der Waals surface area contributed by atoms with E-state index < -0.39 is 15.0 Å². The minimum atomic E-state index is -3.74. The van der Waals surface area contributed by atoms with E-state index in [1.165, 1.54) is 11.4 Å². The van der Waals surface area contributed by atoms with E-state index in [1.807, 2.05) is 6.92 Å². The first-order chi connectivity index (χ1) is 11.8. The van der Waals surface area contributed by atoms with E-state index in [0.717, 1.165) is 5.56 Å². The predicted molar refractivity (Wildman–Crippen MR) is 98.7 cm³/mol. The summed E-state index contributed by atoms with van der Waals surface area (Å²) in [4.78, 5) is 12.0. The molecule has 0 aromatic heterocycles. The van der Waals surface area contributed by atoms with Crippen molar-refractivity contribution in [2.45, 2.75) is 23.2 Å². The van der Waals surface area contributed by atoms with Crippen molar-refractivity contribution < 1.29 is 17.9 Å². The minimum Gasteiger partial charge on any atom is -0.497 e. The summed E-state index contributed by atoms with van der Waals surface area (Å²) < 4.78 is 32.7. The number of alkyl halides is 1. The lowest BCUT2D eigenvalue weighted by molar-refractivity contribution is 0.0981. The summed E-state index contributed by atoms with van der Waals surface area (Å²) in [7, 11) is -2.21. The number of halogens is 1. The summed E-state index contributed by atoms with van der Waals surface area (Å²) in [5, 5.41) is 0. The highest BCUT2D eigenvalue weighted by molar-refractivity contribution is 9.09. The molecule has 0 aliphatic carbocycles. The maximum absolute atomic E-state index is 13.1. The smallest absolute Gasteiger partial charge is 0.244 e. The van der Waals surface area contributed by atoms with Crippen LogP contribution >= 0.6 is 15.9 Å². The molecule has 3 rings (SSSR count). The Balaban J connectivity index is 2.08.